The highest BCUT2D eigenvalue weighted by Gasteiger charge is 2.32. The molecular formula is C16H15F3N2O2. The molecule has 0 spiro atoms. The number of hydrogen-bond donors (Lipinski definition) is 1. The number of benzene rings is 1. The molecular weight excluding hydrogens is 309 g/mol. The Morgan fingerprint density at radius 1 is 1.13 bits per heavy atom. The maximum absolute atomic E-state index is 12.5. The summed E-state index contributed by atoms with van der Waals surface area (Å²) in [5.41, 5.74) is -0.151. The normalized spacial score (nSPS) is 11.3. The molecule has 0 aliphatic carbocycles. The molecule has 1 aromatic carbocycles. The van der Waals surface area contributed by atoms with Crippen LogP contribution in [0.15, 0.2) is 48.7 Å². The molecule has 0 radical (unpaired) electrons. The number of aromatic nitrogens is 1. The van der Waals surface area contributed by atoms with Gasteiger partial charge in [-0.15, -0.1) is 0 Å². The lowest BCUT2D eigenvalue weighted by atomic mass is 10.1. The summed E-state index contributed by atoms with van der Waals surface area (Å²) in [5.74, 6) is -0.482. The minimum Gasteiger partial charge on any atom is -0.395 e. The number of pyridine rings is 1. The first-order valence-electron chi connectivity index (χ1n) is 6.89. The fourth-order valence-electron chi connectivity index (χ4n) is 2.05. The number of halogens is 3. The number of aliphatic hydroxyl groups excluding tert-OH is 1. The van der Waals surface area contributed by atoms with E-state index < -0.39 is 17.8 Å². The van der Waals surface area contributed by atoms with Gasteiger partial charge in [0, 0.05) is 19.3 Å². The third-order valence-electron chi connectivity index (χ3n) is 3.17. The van der Waals surface area contributed by atoms with Crippen molar-refractivity contribution in [2.45, 2.75) is 12.7 Å². The van der Waals surface area contributed by atoms with Crippen molar-refractivity contribution in [2.75, 3.05) is 13.2 Å². The monoisotopic (exact) mass is 324 g/mol. The molecule has 0 saturated heterocycles. The van der Waals surface area contributed by atoms with Crippen LogP contribution < -0.4 is 0 Å². The van der Waals surface area contributed by atoms with Crippen molar-refractivity contribution in [3.8, 4) is 0 Å². The zero-order valence-corrected chi connectivity index (χ0v) is 12.1. The molecule has 0 unspecified atom stereocenters. The second kappa shape index (κ2) is 7.23. The number of nitrogens with zero attached hydrogens (tertiary/aromatic N) is 2. The van der Waals surface area contributed by atoms with Crippen molar-refractivity contribution in [1.29, 1.82) is 0 Å². The van der Waals surface area contributed by atoms with E-state index in [2.05, 4.69) is 4.98 Å². The average molecular weight is 324 g/mol. The van der Waals surface area contributed by atoms with Crippen LogP contribution in [0.25, 0.3) is 0 Å². The van der Waals surface area contributed by atoms with Crippen LogP contribution in [0.2, 0.25) is 0 Å². The Kier molecular flexibility index (Phi) is 5.33. The molecule has 122 valence electrons. The molecule has 0 atom stereocenters. The van der Waals surface area contributed by atoms with E-state index in [1.807, 2.05) is 30.3 Å². The second-order valence-corrected chi connectivity index (χ2v) is 4.87. The third-order valence-corrected chi connectivity index (χ3v) is 3.17. The van der Waals surface area contributed by atoms with Gasteiger partial charge in [0.05, 0.1) is 12.2 Å². The minimum atomic E-state index is -4.55. The molecule has 1 amide bonds. The maximum atomic E-state index is 12.5. The molecule has 1 N–H and O–H groups in total. The van der Waals surface area contributed by atoms with Gasteiger partial charge in [-0.2, -0.15) is 13.2 Å². The SMILES string of the molecule is O=C(c1ccc(C(F)(F)F)nc1)N(CCO)Cc1ccccc1. The summed E-state index contributed by atoms with van der Waals surface area (Å²) in [5, 5.41) is 9.10. The first-order chi connectivity index (χ1) is 10.9. The van der Waals surface area contributed by atoms with E-state index in [0.29, 0.717) is 0 Å². The van der Waals surface area contributed by atoms with Gasteiger partial charge in [0.1, 0.15) is 5.69 Å². The van der Waals surface area contributed by atoms with Crippen LogP contribution in [0, 0.1) is 0 Å². The largest absolute Gasteiger partial charge is 0.433 e. The zero-order valence-electron chi connectivity index (χ0n) is 12.1. The van der Waals surface area contributed by atoms with E-state index in [-0.39, 0.29) is 25.3 Å². The van der Waals surface area contributed by atoms with Gasteiger partial charge in [0.25, 0.3) is 5.91 Å². The van der Waals surface area contributed by atoms with E-state index >= 15 is 0 Å². The molecule has 1 heterocycles. The fourth-order valence-corrected chi connectivity index (χ4v) is 2.05. The summed E-state index contributed by atoms with van der Waals surface area (Å²) in [6.45, 7) is 0.0860. The molecule has 0 fully saturated rings. The summed E-state index contributed by atoms with van der Waals surface area (Å²) in [6.07, 6.45) is -3.64. The molecule has 0 saturated carbocycles. The predicted molar refractivity (Wildman–Crippen MR) is 77.5 cm³/mol. The summed E-state index contributed by atoms with van der Waals surface area (Å²) in [7, 11) is 0. The standard InChI is InChI=1S/C16H15F3N2O2/c17-16(18,19)14-7-6-13(10-20-14)15(23)21(8-9-22)11-12-4-2-1-3-5-12/h1-7,10,22H,8-9,11H2. The lowest BCUT2D eigenvalue weighted by Gasteiger charge is -2.22. The van der Waals surface area contributed by atoms with Gasteiger partial charge in [-0.3, -0.25) is 9.78 Å². The van der Waals surface area contributed by atoms with E-state index in [9.17, 15) is 18.0 Å². The Morgan fingerprint density at radius 3 is 2.35 bits per heavy atom. The van der Waals surface area contributed by atoms with Crippen LogP contribution in [0.1, 0.15) is 21.6 Å². The van der Waals surface area contributed by atoms with Crippen LogP contribution in [-0.4, -0.2) is 34.0 Å². The molecule has 2 rings (SSSR count). The van der Waals surface area contributed by atoms with Crippen LogP contribution >= 0.6 is 0 Å². The summed E-state index contributed by atoms with van der Waals surface area (Å²) < 4.78 is 37.5. The van der Waals surface area contributed by atoms with Crippen LogP contribution in [-0.2, 0) is 12.7 Å². The zero-order chi connectivity index (χ0) is 16.9. The fraction of sp³-hybridized carbons (Fsp3) is 0.250. The molecule has 0 aliphatic heterocycles. The van der Waals surface area contributed by atoms with Crippen molar-refractivity contribution in [3.63, 3.8) is 0 Å². The number of carbonyl (C=O) groups excluding carboxylic acids is 1. The molecule has 23 heavy (non-hydrogen) atoms. The molecule has 1 aromatic heterocycles. The Hall–Kier alpha value is -2.41. The summed E-state index contributed by atoms with van der Waals surface area (Å²) >= 11 is 0. The minimum absolute atomic E-state index is 0.0439. The van der Waals surface area contributed by atoms with Crippen molar-refractivity contribution in [1.82, 2.24) is 9.88 Å². The Labute approximate surface area is 131 Å². The first-order valence-corrected chi connectivity index (χ1v) is 6.89. The van der Waals surface area contributed by atoms with Gasteiger partial charge >= 0.3 is 6.18 Å². The highest BCUT2D eigenvalue weighted by Crippen LogP contribution is 2.27. The molecule has 0 aliphatic rings. The van der Waals surface area contributed by atoms with E-state index in [1.54, 1.807) is 0 Å². The van der Waals surface area contributed by atoms with Gasteiger partial charge in [0.15, 0.2) is 0 Å². The average Bonchev–Trinajstić information content (AvgIpc) is 2.54. The van der Waals surface area contributed by atoms with Gasteiger partial charge in [-0.05, 0) is 17.7 Å². The second-order valence-electron chi connectivity index (χ2n) is 4.87. The summed E-state index contributed by atoms with van der Waals surface area (Å²) in [6, 6.07) is 11.0. The van der Waals surface area contributed by atoms with Crippen molar-refractivity contribution < 1.29 is 23.1 Å². The molecule has 2 aromatic rings. The van der Waals surface area contributed by atoms with E-state index in [4.69, 9.17) is 5.11 Å². The van der Waals surface area contributed by atoms with Crippen LogP contribution in [0.4, 0.5) is 13.2 Å². The van der Waals surface area contributed by atoms with Crippen molar-refractivity contribution in [3.05, 3.63) is 65.5 Å². The third kappa shape index (κ3) is 4.53. The van der Waals surface area contributed by atoms with Gasteiger partial charge in [-0.25, -0.2) is 0 Å². The number of amides is 1. The quantitative estimate of drug-likeness (QED) is 0.920. The van der Waals surface area contributed by atoms with Crippen LogP contribution in [0.5, 0.6) is 0 Å². The summed E-state index contributed by atoms with van der Waals surface area (Å²) in [4.78, 5) is 17.0. The molecule has 0 bridgehead atoms. The number of alkyl halides is 3. The molecule has 4 nitrogen and oxygen atoms in total. The number of aliphatic hydroxyl groups is 1. The molecule has 7 heteroatoms. The lowest BCUT2D eigenvalue weighted by molar-refractivity contribution is -0.141. The lowest BCUT2D eigenvalue weighted by Crippen LogP contribution is -2.33. The van der Waals surface area contributed by atoms with Crippen molar-refractivity contribution in [2.24, 2.45) is 0 Å². The smallest absolute Gasteiger partial charge is 0.395 e. The maximum Gasteiger partial charge on any atom is 0.433 e. The first kappa shape index (κ1) is 17.0. The van der Waals surface area contributed by atoms with Crippen molar-refractivity contribution >= 4 is 5.91 Å². The highest BCUT2D eigenvalue weighted by molar-refractivity contribution is 5.93. The number of rotatable bonds is 5. The number of hydrogen-bond acceptors (Lipinski definition) is 3. The van der Waals surface area contributed by atoms with Gasteiger partial charge < -0.3 is 10.0 Å². The Morgan fingerprint density at radius 2 is 1.83 bits per heavy atom. The highest BCUT2D eigenvalue weighted by atomic mass is 19.4. The Bertz CT molecular complexity index is 643. The topological polar surface area (TPSA) is 53.4 Å². The van der Waals surface area contributed by atoms with E-state index in [1.165, 1.54) is 4.90 Å². The van der Waals surface area contributed by atoms with Crippen LogP contribution in [0.3, 0.4) is 0 Å². The van der Waals surface area contributed by atoms with E-state index in [0.717, 1.165) is 23.9 Å². The Balaban J connectivity index is 2.17. The van der Waals surface area contributed by atoms with Gasteiger partial charge in [0.2, 0.25) is 0 Å². The van der Waals surface area contributed by atoms with Gasteiger partial charge in [-0.1, -0.05) is 30.3 Å². The predicted octanol–water partition coefficient (Wildman–Crippen LogP) is 2.74. The number of carbonyl (C=O) groups is 1.